The van der Waals surface area contributed by atoms with Gasteiger partial charge in [0.2, 0.25) is 0 Å². The zero-order valence-corrected chi connectivity index (χ0v) is 15.7. The molecule has 1 aromatic carbocycles. The number of nitrogens with one attached hydrogen (secondary N) is 1. The first-order valence-electron chi connectivity index (χ1n) is 8.77. The molecule has 3 heterocycles. The predicted molar refractivity (Wildman–Crippen MR) is 107 cm³/mol. The van der Waals surface area contributed by atoms with Crippen LogP contribution in [0.5, 0.6) is 0 Å². The number of anilines is 1. The van der Waals surface area contributed by atoms with Crippen LogP contribution in [0.2, 0.25) is 0 Å². The Labute approximate surface area is 156 Å². The summed E-state index contributed by atoms with van der Waals surface area (Å²) in [6.07, 6.45) is 5.67. The van der Waals surface area contributed by atoms with Crippen LogP contribution >= 0.6 is 11.3 Å². The molecule has 4 rings (SSSR count). The van der Waals surface area contributed by atoms with E-state index in [1.807, 2.05) is 13.2 Å². The minimum atomic E-state index is 0.0454. The fourth-order valence-corrected chi connectivity index (χ4v) is 3.96. The van der Waals surface area contributed by atoms with E-state index in [0.29, 0.717) is 0 Å². The van der Waals surface area contributed by atoms with E-state index in [1.54, 1.807) is 22.3 Å². The molecule has 0 aliphatic rings. The molecule has 0 aliphatic heterocycles. The molecule has 0 bridgehead atoms. The van der Waals surface area contributed by atoms with Crippen LogP contribution in [0.4, 0.5) is 5.82 Å². The van der Waals surface area contributed by atoms with Gasteiger partial charge in [0.15, 0.2) is 5.65 Å². The minimum absolute atomic E-state index is 0.0454. The van der Waals surface area contributed by atoms with Crippen LogP contribution in [-0.2, 0) is 13.5 Å². The van der Waals surface area contributed by atoms with E-state index < -0.39 is 0 Å². The highest BCUT2D eigenvalue weighted by molar-refractivity contribution is 7.10. The third-order valence-electron chi connectivity index (χ3n) is 4.49. The summed E-state index contributed by atoms with van der Waals surface area (Å²) in [5, 5.41) is 11.0. The quantitative estimate of drug-likeness (QED) is 0.545. The second-order valence-corrected chi connectivity index (χ2v) is 7.29. The zero-order chi connectivity index (χ0) is 17.9. The Morgan fingerprint density at radius 2 is 2.00 bits per heavy atom. The van der Waals surface area contributed by atoms with Gasteiger partial charge in [0.05, 0.1) is 17.6 Å². The van der Waals surface area contributed by atoms with Gasteiger partial charge >= 0.3 is 0 Å². The largest absolute Gasteiger partial charge is 0.358 e. The van der Waals surface area contributed by atoms with Crippen LogP contribution in [0.25, 0.3) is 11.0 Å². The van der Waals surface area contributed by atoms with Gasteiger partial charge in [-0.05, 0) is 29.0 Å². The highest BCUT2D eigenvalue weighted by atomic mass is 32.1. The van der Waals surface area contributed by atoms with Gasteiger partial charge in [0.25, 0.3) is 0 Å². The molecule has 0 amide bonds. The van der Waals surface area contributed by atoms with Crippen molar-refractivity contribution in [1.82, 2.24) is 19.7 Å². The summed E-state index contributed by atoms with van der Waals surface area (Å²) < 4.78 is 1.77. The maximum absolute atomic E-state index is 4.47. The van der Waals surface area contributed by atoms with Gasteiger partial charge in [-0.3, -0.25) is 4.68 Å². The van der Waals surface area contributed by atoms with Gasteiger partial charge in [-0.1, -0.05) is 43.7 Å². The van der Waals surface area contributed by atoms with E-state index in [4.69, 9.17) is 0 Å². The molecule has 1 atom stereocenters. The maximum Gasteiger partial charge on any atom is 0.163 e. The molecule has 5 nitrogen and oxygen atoms in total. The Balaban J connectivity index is 1.72. The maximum atomic E-state index is 4.47. The SMILES string of the molecule is CCCc1ccc([C@H](Nc2ncnc3c2cnn3C)c2cccs2)cc1. The molecule has 0 aliphatic carbocycles. The van der Waals surface area contributed by atoms with Gasteiger partial charge in [0, 0.05) is 11.9 Å². The summed E-state index contributed by atoms with van der Waals surface area (Å²) in [6, 6.07) is 13.2. The normalized spacial score (nSPS) is 12.4. The fraction of sp³-hybridized carbons (Fsp3) is 0.250. The van der Waals surface area contributed by atoms with Crippen LogP contribution < -0.4 is 5.32 Å². The molecule has 1 N–H and O–H groups in total. The van der Waals surface area contributed by atoms with Crippen molar-refractivity contribution in [2.45, 2.75) is 25.8 Å². The van der Waals surface area contributed by atoms with Crippen molar-refractivity contribution >= 4 is 28.2 Å². The first-order chi connectivity index (χ1) is 12.8. The van der Waals surface area contributed by atoms with Crippen molar-refractivity contribution in [1.29, 1.82) is 0 Å². The van der Waals surface area contributed by atoms with Crippen molar-refractivity contribution in [2.24, 2.45) is 7.05 Å². The van der Waals surface area contributed by atoms with E-state index in [1.165, 1.54) is 16.0 Å². The summed E-state index contributed by atoms with van der Waals surface area (Å²) in [7, 11) is 1.89. The van der Waals surface area contributed by atoms with Gasteiger partial charge in [-0.25, -0.2) is 9.97 Å². The molecule has 0 spiro atoms. The lowest BCUT2D eigenvalue weighted by molar-refractivity contribution is 0.785. The Hall–Kier alpha value is -2.73. The van der Waals surface area contributed by atoms with Gasteiger partial charge in [-0.15, -0.1) is 11.3 Å². The number of aromatic nitrogens is 4. The van der Waals surface area contributed by atoms with Crippen LogP contribution in [0, 0.1) is 0 Å². The second kappa shape index (κ2) is 7.25. The lowest BCUT2D eigenvalue weighted by Gasteiger charge is -2.19. The van der Waals surface area contributed by atoms with E-state index in [9.17, 15) is 0 Å². The van der Waals surface area contributed by atoms with E-state index in [0.717, 1.165) is 29.7 Å². The molecule has 132 valence electrons. The Kier molecular flexibility index (Phi) is 4.67. The second-order valence-electron chi connectivity index (χ2n) is 6.31. The number of aryl methyl sites for hydroxylation is 2. The summed E-state index contributed by atoms with van der Waals surface area (Å²) in [5.41, 5.74) is 3.42. The smallest absolute Gasteiger partial charge is 0.163 e. The molecule has 0 fully saturated rings. The highest BCUT2D eigenvalue weighted by Crippen LogP contribution is 2.31. The Bertz CT molecular complexity index is 989. The molecule has 6 heteroatoms. The Morgan fingerprint density at radius 1 is 1.15 bits per heavy atom. The topological polar surface area (TPSA) is 55.6 Å². The number of rotatable bonds is 6. The molecule has 0 saturated carbocycles. The standard InChI is InChI=1S/C20H21N5S/c1-3-5-14-7-9-15(10-8-14)18(17-6-4-11-26-17)24-19-16-12-23-25(2)20(16)22-13-21-19/h4,6-13,18H,3,5H2,1-2H3,(H,21,22,24)/t18-/m0/s1. The number of thiophene rings is 1. The Morgan fingerprint density at radius 3 is 2.73 bits per heavy atom. The summed E-state index contributed by atoms with van der Waals surface area (Å²) in [6.45, 7) is 2.21. The van der Waals surface area contributed by atoms with Crippen molar-refractivity contribution < 1.29 is 0 Å². The van der Waals surface area contributed by atoms with Crippen LogP contribution in [0.1, 0.15) is 35.4 Å². The third kappa shape index (κ3) is 3.20. The number of nitrogens with zero attached hydrogens (tertiary/aromatic N) is 4. The van der Waals surface area contributed by atoms with E-state index in [2.05, 4.69) is 69.1 Å². The number of benzene rings is 1. The number of hydrogen-bond donors (Lipinski definition) is 1. The van der Waals surface area contributed by atoms with E-state index >= 15 is 0 Å². The monoisotopic (exact) mass is 363 g/mol. The number of fused-ring (bicyclic) bond motifs is 1. The van der Waals surface area contributed by atoms with Gasteiger partial charge < -0.3 is 5.32 Å². The molecule has 3 aromatic heterocycles. The van der Waals surface area contributed by atoms with Crippen LogP contribution in [0.15, 0.2) is 54.3 Å². The average molecular weight is 363 g/mol. The van der Waals surface area contributed by atoms with Crippen LogP contribution in [0.3, 0.4) is 0 Å². The molecule has 0 saturated heterocycles. The summed E-state index contributed by atoms with van der Waals surface area (Å²) in [4.78, 5) is 10.1. The summed E-state index contributed by atoms with van der Waals surface area (Å²) in [5.74, 6) is 0.805. The summed E-state index contributed by atoms with van der Waals surface area (Å²) >= 11 is 1.74. The lowest BCUT2D eigenvalue weighted by Crippen LogP contribution is -2.12. The highest BCUT2D eigenvalue weighted by Gasteiger charge is 2.18. The van der Waals surface area contributed by atoms with Crippen molar-refractivity contribution in [3.8, 4) is 0 Å². The average Bonchev–Trinajstić information content (AvgIpc) is 3.32. The van der Waals surface area contributed by atoms with Gasteiger partial charge in [0.1, 0.15) is 12.1 Å². The third-order valence-corrected chi connectivity index (χ3v) is 5.43. The van der Waals surface area contributed by atoms with Crippen molar-refractivity contribution in [3.63, 3.8) is 0 Å². The first kappa shape index (κ1) is 16.7. The molecule has 4 aromatic rings. The predicted octanol–water partition coefficient (Wildman–Crippen LogP) is 4.58. The van der Waals surface area contributed by atoms with Gasteiger partial charge in [-0.2, -0.15) is 5.10 Å². The van der Waals surface area contributed by atoms with Crippen LogP contribution in [-0.4, -0.2) is 19.7 Å². The lowest BCUT2D eigenvalue weighted by atomic mass is 10.0. The van der Waals surface area contributed by atoms with Crippen molar-refractivity contribution in [3.05, 3.63) is 70.3 Å². The fourth-order valence-electron chi connectivity index (χ4n) is 3.15. The molecule has 26 heavy (non-hydrogen) atoms. The van der Waals surface area contributed by atoms with E-state index in [-0.39, 0.29) is 6.04 Å². The minimum Gasteiger partial charge on any atom is -0.358 e. The van der Waals surface area contributed by atoms with Crippen molar-refractivity contribution in [2.75, 3.05) is 5.32 Å². The molecule has 0 radical (unpaired) electrons. The number of hydrogen-bond acceptors (Lipinski definition) is 5. The molecule has 0 unspecified atom stereocenters. The molecular weight excluding hydrogens is 342 g/mol. The first-order valence-corrected chi connectivity index (χ1v) is 9.65. The zero-order valence-electron chi connectivity index (χ0n) is 14.9. The molecular formula is C20H21N5S.